The molecule has 2 aromatic rings. The van der Waals surface area contributed by atoms with Crippen LogP contribution in [0.2, 0.25) is 0 Å². The predicted octanol–water partition coefficient (Wildman–Crippen LogP) is 4.70. The Kier molecular flexibility index (Phi) is 3.12. The Hall–Kier alpha value is -1.69. The highest BCUT2D eigenvalue weighted by Crippen LogP contribution is 2.38. The fourth-order valence-corrected chi connectivity index (χ4v) is 2.24. The quantitative estimate of drug-likeness (QED) is 0.814. The molecule has 1 aromatic heterocycles. The van der Waals surface area contributed by atoms with Crippen molar-refractivity contribution in [2.24, 2.45) is 0 Å². The fraction of sp³-hybridized carbons (Fsp3) is 0.286. The summed E-state index contributed by atoms with van der Waals surface area (Å²) in [6.07, 6.45) is -2.16. The van der Waals surface area contributed by atoms with E-state index in [0.29, 0.717) is 21.8 Å². The maximum absolute atomic E-state index is 12.5. The van der Waals surface area contributed by atoms with Crippen molar-refractivity contribution in [2.75, 3.05) is 0 Å². The minimum absolute atomic E-state index is 0.408. The van der Waals surface area contributed by atoms with Crippen LogP contribution >= 0.6 is 12.2 Å². The van der Waals surface area contributed by atoms with E-state index in [2.05, 4.69) is 9.97 Å². The fourth-order valence-electron chi connectivity index (χ4n) is 2.02. The lowest BCUT2D eigenvalue weighted by molar-refractivity contribution is -0.137. The second kappa shape index (κ2) is 4.70. The summed E-state index contributed by atoms with van der Waals surface area (Å²) in [6, 6.07) is 6.71. The molecule has 3 rings (SSSR count). The number of aromatic amines is 1. The molecule has 1 aliphatic carbocycles. The minimum Gasteiger partial charge on any atom is -0.343 e. The van der Waals surface area contributed by atoms with Gasteiger partial charge in [0.05, 0.1) is 5.56 Å². The molecule has 1 heterocycles. The van der Waals surface area contributed by atoms with E-state index < -0.39 is 11.7 Å². The number of halogens is 3. The first-order valence-corrected chi connectivity index (χ1v) is 6.63. The molecule has 6 heteroatoms. The summed E-state index contributed by atoms with van der Waals surface area (Å²) in [4.78, 5) is 7.42. The first kappa shape index (κ1) is 13.3. The zero-order valence-electron chi connectivity index (χ0n) is 10.4. The third-order valence-electron chi connectivity index (χ3n) is 3.25. The van der Waals surface area contributed by atoms with Gasteiger partial charge in [0.15, 0.2) is 0 Å². The van der Waals surface area contributed by atoms with E-state index >= 15 is 0 Å². The van der Waals surface area contributed by atoms with Crippen molar-refractivity contribution >= 4 is 12.2 Å². The highest BCUT2D eigenvalue weighted by atomic mass is 32.1. The van der Waals surface area contributed by atoms with Crippen LogP contribution in [-0.2, 0) is 6.18 Å². The number of aromatic nitrogens is 2. The van der Waals surface area contributed by atoms with Crippen molar-refractivity contribution in [1.29, 1.82) is 0 Å². The molecule has 0 atom stereocenters. The molecule has 1 aromatic carbocycles. The molecule has 0 aliphatic heterocycles. The van der Waals surface area contributed by atoms with Crippen molar-refractivity contribution in [2.45, 2.75) is 24.9 Å². The summed E-state index contributed by atoms with van der Waals surface area (Å²) in [7, 11) is 0. The standard InChI is InChI=1S/C14H11F3N2S/c15-14(16,17)10-5-3-8(4-6-10)11-7-12(20)19-13(18-11)9-1-2-9/h3-7,9H,1-2H2,(H,18,19,20). The third kappa shape index (κ3) is 2.75. The largest absolute Gasteiger partial charge is 0.416 e. The summed E-state index contributed by atoms with van der Waals surface area (Å²) >= 11 is 5.11. The van der Waals surface area contributed by atoms with Crippen molar-refractivity contribution in [1.82, 2.24) is 9.97 Å². The van der Waals surface area contributed by atoms with E-state index in [9.17, 15) is 13.2 Å². The van der Waals surface area contributed by atoms with Crippen molar-refractivity contribution in [3.8, 4) is 11.3 Å². The van der Waals surface area contributed by atoms with Crippen LogP contribution in [0.1, 0.15) is 30.1 Å². The Labute approximate surface area is 118 Å². The lowest BCUT2D eigenvalue weighted by Crippen LogP contribution is -2.04. The van der Waals surface area contributed by atoms with Crippen LogP contribution in [0.15, 0.2) is 30.3 Å². The number of alkyl halides is 3. The van der Waals surface area contributed by atoms with Gasteiger partial charge in [-0.25, -0.2) is 4.98 Å². The van der Waals surface area contributed by atoms with Gasteiger partial charge in [-0.15, -0.1) is 0 Å². The molecular formula is C14H11F3N2S. The maximum Gasteiger partial charge on any atom is 0.416 e. The van der Waals surface area contributed by atoms with Crippen molar-refractivity contribution in [3.05, 3.63) is 46.4 Å². The molecule has 0 unspecified atom stereocenters. The smallest absolute Gasteiger partial charge is 0.343 e. The Morgan fingerprint density at radius 1 is 1.15 bits per heavy atom. The molecule has 1 saturated carbocycles. The summed E-state index contributed by atoms with van der Waals surface area (Å²) in [5.74, 6) is 1.23. The maximum atomic E-state index is 12.5. The molecule has 0 amide bonds. The number of benzene rings is 1. The second-order valence-electron chi connectivity index (χ2n) is 4.87. The van der Waals surface area contributed by atoms with Gasteiger partial charge in [0.2, 0.25) is 0 Å². The Bertz CT molecular complexity index is 685. The monoisotopic (exact) mass is 296 g/mol. The highest BCUT2D eigenvalue weighted by Gasteiger charge is 2.30. The molecule has 0 saturated heterocycles. The first-order valence-electron chi connectivity index (χ1n) is 6.22. The Balaban J connectivity index is 1.98. The van der Waals surface area contributed by atoms with Gasteiger partial charge < -0.3 is 4.98 Å². The number of hydrogen-bond donors (Lipinski definition) is 1. The van der Waals surface area contributed by atoms with Crippen LogP contribution in [0.3, 0.4) is 0 Å². The molecule has 0 radical (unpaired) electrons. The van der Waals surface area contributed by atoms with Crippen molar-refractivity contribution in [3.63, 3.8) is 0 Å². The van der Waals surface area contributed by atoms with Crippen LogP contribution in [0.25, 0.3) is 11.3 Å². The molecular weight excluding hydrogens is 285 g/mol. The summed E-state index contributed by atoms with van der Waals surface area (Å²) < 4.78 is 38.0. The van der Waals surface area contributed by atoms with E-state index in [1.165, 1.54) is 12.1 Å². The van der Waals surface area contributed by atoms with E-state index in [1.54, 1.807) is 6.07 Å². The number of nitrogens with zero attached hydrogens (tertiary/aromatic N) is 1. The molecule has 1 N–H and O–H groups in total. The molecule has 1 aliphatic rings. The average Bonchev–Trinajstić information content (AvgIpc) is 3.21. The minimum atomic E-state index is -4.32. The first-order chi connectivity index (χ1) is 9.43. The molecule has 20 heavy (non-hydrogen) atoms. The summed E-state index contributed by atoms with van der Waals surface area (Å²) in [5, 5.41) is 0. The summed E-state index contributed by atoms with van der Waals surface area (Å²) in [5.41, 5.74) is 0.727. The lowest BCUT2D eigenvalue weighted by Gasteiger charge is -2.09. The van der Waals surface area contributed by atoms with Crippen LogP contribution in [-0.4, -0.2) is 9.97 Å². The number of nitrogens with one attached hydrogen (secondary N) is 1. The highest BCUT2D eigenvalue weighted by molar-refractivity contribution is 7.71. The normalized spacial score (nSPS) is 15.3. The van der Waals surface area contributed by atoms with Gasteiger partial charge in [-0.2, -0.15) is 13.2 Å². The topological polar surface area (TPSA) is 28.7 Å². The molecule has 104 valence electrons. The SMILES string of the molecule is FC(F)(F)c1ccc(-c2cc(=S)nc(C3CC3)[nH]2)cc1. The van der Waals surface area contributed by atoms with E-state index in [4.69, 9.17) is 12.2 Å². The zero-order valence-corrected chi connectivity index (χ0v) is 11.2. The van der Waals surface area contributed by atoms with Gasteiger partial charge >= 0.3 is 6.18 Å². The van der Waals surface area contributed by atoms with Gasteiger partial charge in [0.25, 0.3) is 0 Å². The molecule has 2 nitrogen and oxygen atoms in total. The van der Waals surface area contributed by atoms with Gasteiger partial charge in [0.1, 0.15) is 10.5 Å². The molecule has 0 bridgehead atoms. The van der Waals surface area contributed by atoms with E-state index in [1.807, 2.05) is 0 Å². The Morgan fingerprint density at radius 3 is 2.35 bits per heavy atom. The lowest BCUT2D eigenvalue weighted by atomic mass is 10.1. The van der Waals surface area contributed by atoms with Crippen LogP contribution in [0.5, 0.6) is 0 Å². The van der Waals surface area contributed by atoms with Crippen LogP contribution < -0.4 is 0 Å². The number of hydrogen-bond acceptors (Lipinski definition) is 2. The van der Waals surface area contributed by atoms with Gasteiger partial charge in [0, 0.05) is 11.6 Å². The van der Waals surface area contributed by atoms with Crippen LogP contribution in [0.4, 0.5) is 13.2 Å². The van der Waals surface area contributed by atoms with Crippen molar-refractivity contribution < 1.29 is 13.2 Å². The molecule has 0 spiro atoms. The van der Waals surface area contributed by atoms with Gasteiger partial charge in [-0.1, -0.05) is 24.4 Å². The van der Waals surface area contributed by atoms with E-state index in [-0.39, 0.29) is 0 Å². The van der Waals surface area contributed by atoms with Gasteiger partial charge in [-0.05, 0) is 36.6 Å². The second-order valence-corrected chi connectivity index (χ2v) is 5.29. The predicted molar refractivity (Wildman–Crippen MR) is 71.8 cm³/mol. The number of rotatable bonds is 2. The Morgan fingerprint density at radius 2 is 1.80 bits per heavy atom. The van der Waals surface area contributed by atoms with E-state index in [0.717, 1.165) is 30.8 Å². The third-order valence-corrected chi connectivity index (χ3v) is 3.46. The van der Waals surface area contributed by atoms with Gasteiger partial charge in [-0.3, -0.25) is 0 Å². The van der Waals surface area contributed by atoms with Crippen LogP contribution in [0, 0.1) is 4.64 Å². The number of H-pyrrole nitrogens is 1. The molecule has 1 fully saturated rings. The summed E-state index contributed by atoms with van der Waals surface area (Å²) in [6.45, 7) is 0. The zero-order chi connectivity index (χ0) is 14.3. The average molecular weight is 296 g/mol.